The summed E-state index contributed by atoms with van der Waals surface area (Å²) in [5, 5.41) is 0. The minimum atomic E-state index is -0.694. The van der Waals surface area contributed by atoms with Crippen molar-refractivity contribution in [2.24, 2.45) is 12.8 Å². The summed E-state index contributed by atoms with van der Waals surface area (Å²) in [6.07, 6.45) is 3.62. The summed E-state index contributed by atoms with van der Waals surface area (Å²) in [6.45, 7) is 0. The van der Waals surface area contributed by atoms with Crippen LogP contribution in [0.3, 0.4) is 0 Å². The zero-order chi connectivity index (χ0) is 12.1. The van der Waals surface area contributed by atoms with Crippen molar-refractivity contribution in [1.82, 2.24) is 9.55 Å². The highest BCUT2D eigenvalue weighted by Crippen LogP contribution is 2.02. The van der Waals surface area contributed by atoms with Gasteiger partial charge in [-0.15, -0.1) is 0 Å². The average Bonchev–Trinajstić information content (AvgIpc) is 2.71. The van der Waals surface area contributed by atoms with Gasteiger partial charge in [0, 0.05) is 19.7 Å². The third-order valence-electron chi connectivity index (χ3n) is 2.07. The molecule has 0 unspecified atom stereocenters. The minimum absolute atomic E-state index is 0.0324. The lowest BCUT2D eigenvalue weighted by atomic mass is 10.1. The van der Waals surface area contributed by atoms with Crippen molar-refractivity contribution in [3.8, 4) is 0 Å². The third-order valence-corrected chi connectivity index (χ3v) is 2.07. The number of rotatable bonds is 6. The minimum Gasteiger partial charge on any atom is -0.340 e. The summed E-state index contributed by atoms with van der Waals surface area (Å²) in [4.78, 5) is 36.9. The Morgan fingerprint density at radius 2 is 2.31 bits per heavy atom. The molecule has 0 aliphatic carbocycles. The Balaban J connectivity index is 2.55. The van der Waals surface area contributed by atoms with Gasteiger partial charge < -0.3 is 15.1 Å². The van der Waals surface area contributed by atoms with Crippen LogP contribution < -0.4 is 5.73 Å². The molecule has 0 saturated carbocycles. The molecule has 6 heteroatoms. The fraction of sp³-hybridized carbons (Fsp3) is 0.400. The van der Waals surface area contributed by atoms with Gasteiger partial charge in [0.1, 0.15) is 12.0 Å². The van der Waals surface area contributed by atoms with Gasteiger partial charge in [-0.25, -0.2) is 4.98 Å². The first kappa shape index (κ1) is 12.3. The van der Waals surface area contributed by atoms with E-state index in [1.807, 2.05) is 0 Å². The second-order valence-electron chi connectivity index (χ2n) is 3.52. The molecule has 6 nitrogen and oxygen atoms in total. The van der Waals surface area contributed by atoms with Crippen molar-refractivity contribution in [2.45, 2.75) is 18.9 Å². The van der Waals surface area contributed by atoms with Crippen LogP contribution >= 0.6 is 0 Å². The molecule has 1 aromatic heterocycles. The fourth-order valence-corrected chi connectivity index (χ4v) is 1.15. The molecule has 0 saturated heterocycles. The summed E-state index contributed by atoms with van der Waals surface area (Å²) in [5.41, 5.74) is 5.43. The van der Waals surface area contributed by atoms with Gasteiger partial charge in [0.05, 0.1) is 12.4 Å². The molecule has 0 aromatic carbocycles. The van der Waals surface area contributed by atoms with Crippen LogP contribution in [0, 0.1) is 0 Å². The monoisotopic (exact) mass is 223 g/mol. The van der Waals surface area contributed by atoms with Crippen LogP contribution in [0.15, 0.2) is 12.5 Å². The van der Waals surface area contributed by atoms with Crippen molar-refractivity contribution in [2.75, 3.05) is 0 Å². The number of imidazole rings is 1. The first-order valence-corrected chi connectivity index (χ1v) is 4.81. The Labute approximate surface area is 92.4 Å². The van der Waals surface area contributed by atoms with Crippen molar-refractivity contribution in [3.05, 3.63) is 18.2 Å². The van der Waals surface area contributed by atoms with Crippen LogP contribution in [-0.2, 0) is 16.6 Å². The van der Waals surface area contributed by atoms with Crippen LogP contribution in [0.5, 0.6) is 0 Å². The van der Waals surface area contributed by atoms with Gasteiger partial charge in [-0.2, -0.15) is 0 Å². The molecule has 2 N–H and O–H groups in total. The van der Waals surface area contributed by atoms with E-state index in [1.54, 1.807) is 11.6 Å². The summed E-state index contributed by atoms with van der Waals surface area (Å²) in [5.74, 6) is -1.21. The van der Waals surface area contributed by atoms with Crippen LogP contribution in [0.25, 0.3) is 0 Å². The van der Waals surface area contributed by atoms with Crippen molar-refractivity contribution in [3.63, 3.8) is 0 Å². The Bertz CT molecular complexity index is 411. The molecule has 0 aliphatic rings. The number of hydrogen-bond acceptors (Lipinski definition) is 5. The predicted molar refractivity (Wildman–Crippen MR) is 55.8 cm³/mol. The summed E-state index contributed by atoms with van der Waals surface area (Å²) in [6, 6.07) is -0.694. The third kappa shape index (κ3) is 3.09. The molecule has 86 valence electrons. The number of aromatic nitrogens is 2. The summed E-state index contributed by atoms with van der Waals surface area (Å²) >= 11 is 0. The standard InChI is InChI=1S/C10H13N3O3/c1-13-4-8(12-6-13)10(16)9(15)3-2-7(11)5-14/h4-7H,2-3,11H2,1H3/t7-/m0/s1. The first-order valence-electron chi connectivity index (χ1n) is 4.81. The molecule has 1 atom stereocenters. The normalized spacial score (nSPS) is 12.1. The van der Waals surface area contributed by atoms with E-state index in [4.69, 9.17) is 5.73 Å². The van der Waals surface area contributed by atoms with Gasteiger partial charge in [-0.1, -0.05) is 0 Å². The van der Waals surface area contributed by atoms with Gasteiger partial charge in [-0.05, 0) is 6.42 Å². The van der Waals surface area contributed by atoms with Crippen molar-refractivity contribution >= 4 is 17.9 Å². The Kier molecular flexibility index (Phi) is 4.07. The maximum Gasteiger partial charge on any atom is 0.248 e. The highest BCUT2D eigenvalue weighted by molar-refractivity contribution is 6.43. The second kappa shape index (κ2) is 5.32. The molecular formula is C10H13N3O3. The number of carbonyl (C=O) groups excluding carboxylic acids is 3. The van der Waals surface area contributed by atoms with Gasteiger partial charge in [0.15, 0.2) is 0 Å². The maximum atomic E-state index is 11.5. The molecule has 0 aliphatic heterocycles. The van der Waals surface area contributed by atoms with Gasteiger partial charge >= 0.3 is 0 Å². The quantitative estimate of drug-likeness (QED) is 0.397. The lowest BCUT2D eigenvalue weighted by Crippen LogP contribution is -2.24. The number of aryl methyl sites for hydroxylation is 1. The van der Waals surface area contributed by atoms with Crippen LogP contribution in [0.2, 0.25) is 0 Å². The highest BCUT2D eigenvalue weighted by Gasteiger charge is 2.18. The molecule has 0 spiro atoms. The van der Waals surface area contributed by atoms with Crippen LogP contribution in [0.1, 0.15) is 23.3 Å². The van der Waals surface area contributed by atoms with E-state index in [0.29, 0.717) is 6.29 Å². The van der Waals surface area contributed by atoms with Gasteiger partial charge in [0.25, 0.3) is 0 Å². The number of aldehydes is 1. The van der Waals surface area contributed by atoms with E-state index < -0.39 is 17.6 Å². The molecule has 0 fully saturated rings. The number of carbonyl (C=O) groups is 3. The molecular weight excluding hydrogens is 210 g/mol. The molecule has 1 heterocycles. The number of nitrogens with two attached hydrogens (primary N) is 1. The smallest absolute Gasteiger partial charge is 0.248 e. The van der Waals surface area contributed by atoms with Crippen LogP contribution in [0.4, 0.5) is 0 Å². The van der Waals surface area contributed by atoms with Gasteiger partial charge in [0.2, 0.25) is 11.6 Å². The molecule has 0 amide bonds. The molecule has 16 heavy (non-hydrogen) atoms. The number of nitrogens with zero attached hydrogens (tertiary/aromatic N) is 2. The number of Topliss-reactive ketones (excluding diaryl/α,β-unsaturated/α-hetero) is 2. The zero-order valence-electron chi connectivity index (χ0n) is 8.92. The number of hydrogen-bond donors (Lipinski definition) is 1. The van der Waals surface area contributed by atoms with Crippen molar-refractivity contribution in [1.29, 1.82) is 0 Å². The highest BCUT2D eigenvalue weighted by atomic mass is 16.2. The largest absolute Gasteiger partial charge is 0.340 e. The summed E-state index contributed by atoms with van der Waals surface area (Å²) < 4.78 is 1.58. The lowest BCUT2D eigenvalue weighted by molar-refractivity contribution is -0.115. The maximum absolute atomic E-state index is 11.5. The number of ketones is 2. The zero-order valence-corrected chi connectivity index (χ0v) is 8.92. The van der Waals surface area contributed by atoms with Crippen molar-refractivity contribution < 1.29 is 14.4 Å². The molecule has 0 bridgehead atoms. The second-order valence-corrected chi connectivity index (χ2v) is 3.52. The van der Waals surface area contributed by atoms with E-state index in [2.05, 4.69) is 4.98 Å². The van der Waals surface area contributed by atoms with E-state index in [9.17, 15) is 14.4 Å². The average molecular weight is 223 g/mol. The van der Waals surface area contributed by atoms with E-state index >= 15 is 0 Å². The van der Waals surface area contributed by atoms with Gasteiger partial charge in [-0.3, -0.25) is 9.59 Å². The fourth-order valence-electron chi connectivity index (χ4n) is 1.15. The molecule has 0 radical (unpaired) electrons. The Hall–Kier alpha value is -1.82. The lowest BCUT2D eigenvalue weighted by Gasteiger charge is -2.00. The summed E-state index contributed by atoms with van der Waals surface area (Å²) in [7, 11) is 1.70. The molecule has 1 rings (SSSR count). The Morgan fingerprint density at radius 3 is 2.81 bits per heavy atom. The Morgan fingerprint density at radius 1 is 1.62 bits per heavy atom. The first-order chi connectivity index (χ1) is 7.54. The topological polar surface area (TPSA) is 95.1 Å². The predicted octanol–water partition coefficient (Wildman–Crippen LogP) is -0.522. The SMILES string of the molecule is Cn1cnc(C(=O)C(=O)CC[C@H](N)C=O)c1. The molecule has 1 aromatic rings. The van der Waals surface area contributed by atoms with E-state index in [1.165, 1.54) is 12.5 Å². The van der Waals surface area contributed by atoms with E-state index in [-0.39, 0.29) is 18.5 Å². The van der Waals surface area contributed by atoms with Crippen LogP contribution in [-0.4, -0.2) is 33.4 Å². The van der Waals surface area contributed by atoms with E-state index in [0.717, 1.165) is 0 Å².